The van der Waals surface area contributed by atoms with E-state index in [1.54, 1.807) is 0 Å². The highest BCUT2D eigenvalue weighted by atomic mass is 15.1. The van der Waals surface area contributed by atoms with Crippen molar-refractivity contribution in [2.45, 2.75) is 38.1 Å². The molecule has 1 unspecified atom stereocenters. The lowest BCUT2D eigenvalue weighted by molar-refractivity contribution is 0.323. The van der Waals surface area contributed by atoms with Crippen molar-refractivity contribution in [3.8, 4) is 0 Å². The zero-order valence-corrected chi connectivity index (χ0v) is 8.54. The predicted molar refractivity (Wildman–Crippen MR) is 56.6 cm³/mol. The van der Waals surface area contributed by atoms with Crippen LogP contribution in [-0.4, -0.2) is 37.1 Å². The molecule has 0 aromatic rings. The topological polar surface area (TPSA) is 55.3 Å². The average Bonchev–Trinajstić information content (AvgIpc) is 2.57. The molecule has 4 N–H and O–H groups in total. The molecule has 0 amide bonds. The highest BCUT2D eigenvalue weighted by Crippen LogP contribution is 2.09. The third-order valence-corrected chi connectivity index (χ3v) is 2.79. The molecule has 1 heterocycles. The maximum Gasteiger partial charge on any atom is 0.00513 e. The molecular formula is C10H23N3. The highest BCUT2D eigenvalue weighted by Gasteiger charge is 2.10. The van der Waals surface area contributed by atoms with Crippen molar-refractivity contribution in [3.05, 3.63) is 0 Å². The van der Waals surface area contributed by atoms with Crippen LogP contribution in [-0.2, 0) is 0 Å². The Bertz CT molecular complexity index is 121. The van der Waals surface area contributed by atoms with Crippen molar-refractivity contribution in [3.63, 3.8) is 0 Å². The SMILES string of the molecule is NCCC(N)CCCN1CCCC1. The first-order valence-electron chi connectivity index (χ1n) is 5.51. The van der Waals surface area contributed by atoms with E-state index in [1.807, 2.05) is 0 Å². The van der Waals surface area contributed by atoms with Gasteiger partial charge in [-0.05, 0) is 58.3 Å². The molecule has 0 aliphatic carbocycles. The molecule has 0 aromatic carbocycles. The van der Waals surface area contributed by atoms with Crippen molar-refractivity contribution in [2.75, 3.05) is 26.2 Å². The van der Waals surface area contributed by atoms with Crippen molar-refractivity contribution < 1.29 is 0 Å². The summed E-state index contributed by atoms with van der Waals surface area (Å²) in [7, 11) is 0. The number of nitrogens with zero attached hydrogens (tertiary/aromatic N) is 1. The first kappa shape index (κ1) is 11.0. The summed E-state index contributed by atoms with van der Waals surface area (Å²) in [6, 6.07) is 0.326. The predicted octanol–water partition coefficient (Wildman–Crippen LogP) is 0.538. The maximum atomic E-state index is 5.87. The fourth-order valence-electron chi connectivity index (χ4n) is 1.94. The van der Waals surface area contributed by atoms with Gasteiger partial charge in [0.2, 0.25) is 0 Å². The quantitative estimate of drug-likeness (QED) is 0.635. The molecule has 0 radical (unpaired) electrons. The van der Waals surface area contributed by atoms with E-state index < -0.39 is 0 Å². The summed E-state index contributed by atoms with van der Waals surface area (Å²) in [5, 5.41) is 0. The molecule has 0 bridgehead atoms. The standard InChI is InChI=1S/C10H23N3/c11-6-5-10(12)4-3-9-13-7-1-2-8-13/h10H,1-9,11-12H2. The molecule has 0 spiro atoms. The summed E-state index contributed by atoms with van der Waals surface area (Å²) in [5.74, 6) is 0. The lowest BCUT2D eigenvalue weighted by Crippen LogP contribution is -2.26. The van der Waals surface area contributed by atoms with E-state index >= 15 is 0 Å². The van der Waals surface area contributed by atoms with Crippen molar-refractivity contribution in [1.82, 2.24) is 4.90 Å². The van der Waals surface area contributed by atoms with Crippen molar-refractivity contribution in [1.29, 1.82) is 0 Å². The average molecular weight is 185 g/mol. The molecule has 1 atom stereocenters. The number of likely N-dealkylation sites (tertiary alicyclic amines) is 1. The van der Waals surface area contributed by atoms with E-state index in [0.29, 0.717) is 6.04 Å². The second-order valence-corrected chi connectivity index (χ2v) is 4.03. The molecule has 1 aliphatic heterocycles. The minimum Gasteiger partial charge on any atom is -0.330 e. The minimum atomic E-state index is 0.326. The third-order valence-electron chi connectivity index (χ3n) is 2.79. The lowest BCUT2D eigenvalue weighted by atomic mass is 10.1. The van der Waals surface area contributed by atoms with E-state index in [2.05, 4.69) is 4.90 Å². The summed E-state index contributed by atoms with van der Waals surface area (Å²) in [6.45, 7) is 4.56. The van der Waals surface area contributed by atoms with Gasteiger partial charge in [0.1, 0.15) is 0 Å². The molecular weight excluding hydrogens is 162 g/mol. The third kappa shape index (κ3) is 4.60. The summed E-state index contributed by atoms with van der Waals surface area (Å²) in [5.41, 5.74) is 11.3. The van der Waals surface area contributed by atoms with Crippen LogP contribution in [0.1, 0.15) is 32.1 Å². The van der Waals surface area contributed by atoms with E-state index in [-0.39, 0.29) is 0 Å². The monoisotopic (exact) mass is 185 g/mol. The van der Waals surface area contributed by atoms with Gasteiger partial charge in [-0.2, -0.15) is 0 Å². The van der Waals surface area contributed by atoms with E-state index in [9.17, 15) is 0 Å². The van der Waals surface area contributed by atoms with Crippen LogP contribution < -0.4 is 11.5 Å². The molecule has 78 valence electrons. The zero-order chi connectivity index (χ0) is 9.52. The summed E-state index contributed by atoms with van der Waals surface area (Å²) >= 11 is 0. The molecule has 1 rings (SSSR count). The van der Waals surface area contributed by atoms with Crippen molar-refractivity contribution >= 4 is 0 Å². The van der Waals surface area contributed by atoms with Crippen LogP contribution in [0.3, 0.4) is 0 Å². The molecule has 3 nitrogen and oxygen atoms in total. The largest absolute Gasteiger partial charge is 0.330 e. The van der Waals surface area contributed by atoms with Crippen LogP contribution in [0, 0.1) is 0 Å². The van der Waals surface area contributed by atoms with Crippen LogP contribution in [0.5, 0.6) is 0 Å². The second kappa shape index (κ2) is 6.35. The van der Waals surface area contributed by atoms with Crippen LogP contribution in [0.2, 0.25) is 0 Å². The summed E-state index contributed by atoms with van der Waals surface area (Å²) in [6.07, 6.45) is 6.11. The molecule has 1 saturated heterocycles. The van der Waals surface area contributed by atoms with E-state index in [1.165, 1.54) is 38.9 Å². The number of hydrogen-bond donors (Lipinski definition) is 2. The molecule has 3 heteroatoms. The Labute approximate surface area is 81.5 Å². The van der Waals surface area contributed by atoms with Gasteiger partial charge in [-0.25, -0.2) is 0 Å². The van der Waals surface area contributed by atoms with Gasteiger partial charge in [-0.3, -0.25) is 0 Å². The molecule has 1 fully saturated rings. The minimum absolute atomic E-state index is 0.326. The van der Waals surface area contributed by atoms with Crippen molar-refractivity contribution in [2.24, 2.45) is 11.5 Å². The number of nitrogens with two attached hydrogens (primary N) is 2. The first-order valence-corrected chi connectivity index (χ1v) is 5.51. The Morgan fingerprint density at radius 3 is 2.46 bits per heavy atom. The molecule has 0 saturated carbocycles. The smallest absolute Gasteiger partial charge is 0.00513 e. The van der Waals surface area contributed by atoms with E-state index in [0.717, 1.165) is 19.4 Å². The fraction of sp³-hybridized carbons (Fsp3) is 1.00. The molecule has 1 aliphatic rings. The maximum absolute atomic E-state index is 5.87. The van der Waals surface area contributed by atoms with Gasteiger partial charge < -0.3 is 16.4 Å². The summed E-state index contributed by atoms with van der Waals surface area (Å²) in [4.78, 5) is 2.54. The van der Waals surface area contributed by atoms with Gasteiger partial charge in [-0.1, -0.05) is 0 Å². The van der Waals surface area contributed by atoms with Gasteiger partial charge in [0.15, 0.2) is 0 Å². The number of rotatable bonds is 6. The highest BCUT2D eigenvalue weighted by molar-refractivity contribution is 4.68. The Hall–Kier alpha value is -0.120. The zero-order valence-electron chi connectivity index (χ0n) is 8.54. The van der Waals surface area contributed by atoms with Gasteiger partial charge in [0.25, 0.3) is 0 Å². The van der Waals surface area contributed by atoms with Crippen LogP contribution in [0.15, 0.2) is 0 Å². The Morgan fingerprint density at radius 2 is 1.85 bits per heavy atom. The van der Waals surface area contributed by atoms with Crippen LogP contribution >= 0.6 is 0 Å². The van der Waals surface area contributed by atoms with Gasteiger partial charge in [0.05, 0.1) is 0 Å². The van der Waals surface area contributed by atoms with E-state index in [4.69, 9.17) is 11.5 Å². The normalized spacial score (nSPS) is 20.8. The van der Waals surface area contributed by atoms with Crippen LogP contribution in [0.4, 0.5) is 0 Å². The van der Waals surface area contributed by atoms with Crippen LogP contribution in [0.25, 0.3) is 0 Å². The molecule has 13 heavy (non-hydrogen) atoms. The Balaban J connectivity index is 1.93. The second-order valence-electron chi connectivity index (χ2n) is 4.03. The number of hydrogen-bond acceptors (Lipinski definition) is 3. The van der Waals surface area contributed by atoms with Gasteiger partial charge >= 0.3 is 0 Å². The lowest BCUT2D eigenvalue weighted by Gasteiger charge is -2.16. The Morgan fingerprint density at radius 1 is 1.15 bits per heavy atom. The Kier molecular flexibility index (Phi) is 5.35. The summed E-state index contributed by atoms with van der Waals surface area (Å²) < 4.78 is 0. The van der Waals surface area contributed by atoms with Gasteiger partial charge in [0, 0.05) is 6.04 Å². The first-order chi connectivity index (χ1) is 6.33. The fourth-order valence-corrected chi connectivity index (χ4v) is 1.94. The molecule has 0 aromatic heterocycles. The van der Waals surface area contributed by atoms with Gasteiger partial charge in [-0.15, -0.1) is 0 Å².